The van der Waals surface area contributed by atoms with Crippen LogP contribution in [0.3, 0.4) is 0 Å². The Kier molecular flexibility index (Phi) is 7.46. The lowest BCUT2D eigenvalue weighted by Gasteiger charge is -2.13. The number of carbonyl (C=O) groups is 2. The molecule has 0 atom stereocenters. The highest BCUT2D eigenvalue weighted by Gasteiger charge is 2.14. The highest BCUT2D eigenvalue weighted by Crippen LogP contribution is 2.24. The van der Waals surface area contributed by atoms with Crippen molar-refractivity contribution in [3.63, 3.8) is 0 Å². The van der Waals surface area contributed by atoms with Crippen LogP contribution in [-0.4, -0.2) is 32.1 Å². The molecule has 6 nitrogen and oxygen atoms in total. The molecule has 0 unspecified atom stereocenters. The molecule has 0 aliphatic carbocycles. The second-order valence-electron chi connectivity index (χ2n) is 6.29. The number of hydrogen-bond donors (Lipinski definition) is 2. The minimum atomic E-state index is -0.400. The van der Waals surface area contributed by atoms with Crippen LogP contribution in [0.4, 0.5) is 5.69 Å². The summed E-state index contributed by atoms with van der Waals surface area (Å²) in [4.78, 5) is 24.7. The number of methoxy groups -OCH3 is 2. The summed E-state index contributed by atoms with van der Waals surface area (Å²) in [6.45, 7) is 3.72. The summed E-state index contributed by atoms with van der Waals surface area (Å²) in [6, 6.07) is 9.96. The Morgan fingerprint density at radius 3 is 2.25 bits per heavy atom. The third kappa shape index (κ3) is 6.03. The Hall–Kier alpha value is -2.99. The van der Waals surface area contributed by atoms with E-state index in [9.17, 15) is 9.59 Å². The van der Waals surface area contributed by atoms with Crippen LogP contribution in [0.2, 0.25) is 5.02 Å². The lowest BCUT2D eigenvalue weighted by molar-refractivity contribution is -0.111. The summed E-state index contributed by atoms with van der Waals surface area (Å²) in [7, 11) is 3.11. The molecule has 0 heterocycles. The van der Waals surface area contributed by atoms with Crippen LogP contribution < -0.4 is 20.1 Å². The highest BCUT2D eigenvalue weighted by molar-refractivity contribution is 6.31. The molecule has 0 radical (unpaired) electrons. The van der Waals surface area contributed by atoms with Gasteiger partial charge in [0.25, 0.3) is 5.91 Å². The minimum absolute atomic E-state index is 0.0327. The number of amides is 2. The SMILES string of the molecule is COc1cc(/C=C/C(=O)Nc2cc(Cl)ccc2C(=O)NC(C)C)cc(OC)c1. The van der Waals surface area contributed by atoms with Crippen molar-refractivity contribution in [1.29, 1.82) is 0 Å². The number of rotatable bonds is 7. The molecule has 7 heteroatoms. The minimum Gasteiger partial charge on any atom is -0.497 e. The zero-order chi connectivity index (χ0) is 20.7. The highest BCUT2D eigenvalue weighted by atomic mass is 35.5. The van der Waals surface area contributed by atoms with Crippen molar-refractivity contribution in [2.75, 3.05) is 19.5 Å². The van der Waals surface area contributed by atoms with Crippen LogP contribution in [0.5, 0.6) is 11.5 Å². The van der Waals surface area contributed by atoms with Gasteiger partial charge in [-0.1, -0.05) is 11.6 Å². The van der Waals surface area contributed by atoms with E-state index < -0.39 is 5.91 Å². The van der Waals surface area contributed by atoms with Crippen LogP contribution in [0.25, 0.3) is 6.08 Å². The number of anilines is 1. The van der Waals surface area contributed by atoms with Crippen molar-refractivity contribution in [2.24, 2.45) is 0 Å². The number of carbonyl (C=O) groups excluding carboxylic acids is 2. The summed E-state index contributed by atoms with van der Waals surface area (Å²) >= 11 is 6.02. The Labute approximate surface area is 169 Å². The first kappa shape index (κ1) is 21.3. The van der Waals surface area contributed by atoms with Gasteiger partial charge in [-0.15, -0.1) is 0 Å². The second kappa shape index (κ2) is 9.80. The largest absolute Gasteiger partial charge is 0.497 e. The quantitative estimate of drug-likeness (QED) is 0.682. The molecular formula is C21H23ClN2O4. The average molecular weight is 403 g/mol. The van der Waals surface area contributed by atoms with Gasteiger partial charge in [-0.05, 0) is 55.8 Å². The van der Waals surface area contributed by atoms with E-state index in [0.717, 1.165) is 5.56 Å². The summed E-state index contributed by atoms with van der Waals surface area (Å²) in [5.74, 6) is 0.537. The van der Waals surface area contributed by atoms with Crippen molar-refractivity contribution < 1.29 is 19.1 Å². The summed E-state index contributed by atoms with van der Waals surface area (Å²) < 4.78 is 10.4. The van der Waals surface area contributed by atoms with E-state index in [-0.39, 0.29) is 11.9 Å². The lowest BCUT2D eigenvalue weighted by Crippen LogP contribution is -2.31. The number of nitrogens with one attached hydrogen (secondary N) is 2. The Bertz CT molecular complexity index is 872. The molecule has 0 bridgehead atoms. The topological polar surface area (TPSA) is 76.7 Å². The smallest absolute Gasteiger partial charge is 0.253 e. The summed E-state index contributed by atoms with van der Waals surface area (Å²) in [5.41, 5.74) is 1.40. The Morgan fingerprint density at radius 1 is 1.04 bits per heavy atom. The zero-order valence-corrected chi connectivity index (χ0v) is 17.0. The first-order chi connectivity index (χ1) is 13.3. The molecule has 28 heavy (non-hydrogen) atoms. The molecule has 2 aromatic rings. The molecule has 0 aliphatic heterocycles. The molecule has 0 aromatic heterocycles. The third-order valence-electron chi connectivity index (χ3n) is 3.70. The predicted molar refractivity (Wildman–Crippen MR) is 111 cm³/mol. The summed E-state index contributed by atoms with van der Waals surface area (Å²) in [5, 5.41) is 5.91. The van der Waals surface area contributed by atoms with Gasteiger partial charge in [-0.2, -0.15) is 0 Å². The number of hydrogen-bond acceptors (Lipinski definition) is 4. The first-order valence-electron chi connectivity index (χ1n) is 8.65. The molecule has 2 amide bonds. The predicted octanol–water partition coefficient (Wildman–Crippen LogP) is 4.15. The van der Waals surface area contributed by atoms with E-state index in [4.69, 9.17) is 21.1 Å². The fraction of sp³-hybridized carbons (Fsp3) is 0.238. The fourth-order valence-electron chi connectivity index (χ4n) is 2.43. The van der Waals surface area contributed by atoms with E-state index in [1.165, 1.54) is 12.1 Å². The molecular weight excluding hydrogens is 380 g/mol. The van der Waals surface area contributed by atoms with Gasteiger partial charge < -0.3 is 20.1 Å². The molecule has 2 rings (SSSR count). The van der Waals surface area contributed by atoms with Gasteiger partial charge in [-0.25, -0.2) is 0 Å². The second-order valence-corrected chi connectivity index (χ2v) is 6.72. The molecule has 148 valence electrons. The molecule has 0 aliphatic rings. The number of benzene rings is 2. The molecule has 0 saturated carbocycles. The fourth-order valence-corrected chi connectivity index (χ4v) is 2.60. The average Bonchev–Trinajstić information content (AvgIpc) is 2.65. The van der Waals surface area contributed by atoms with Crippen molar-refractivity contribution >= 4 is 35.2 Å². The van der Waals surface area contributed by atoms with Crippen molar-refractivity contribution in [1.82, 2.24) is 5.32 Å². The van der Waals surface area contributed by atoms with Crippen LogP contribution in [-0.2, 0) is 4.79 Å². The Balaban J connectivity index is 2.20. The van der Waals surface area contributed by atoms with E-state index in [1.807, 2.05) is 13.8 Å². The van der Waals surface area contributed by atoms with Crippen LogP contribution in [0, 0.1) is 0 Å². The van der Waals surface area contributed by atoms with E-state index in [1.54, 1.807) is 50.6 Å². The van der Waals surface area contributed by atoms with Gasteiger partial charge in [0.05, 0.1) is 25.5 Å². The van der Waals surface area contributed by atoms with Gasteiger partial charge in [-0.3, -0.25) is 9.59 Å². The monoisotopic (exact) mass is 402 g/mol. The van der Waals surface area contributed by atoms with Crippen LogP contribution in [0.1, 0.15) is 29.8 Å². The standard InChI is InChI=1S/C21H23ClN2O4/c1-13(2)23-21(26)18-7-6-15(22)11-19(18)24-20(25)8-5-14-9-16(27-3)12-17(10-14)28-4/h5-13H,1-4H3,(H,23,26)(H,24,25)/b8-5+. The number of ether oxygens (including phenoxy) is 2. The van der Waals surface area contributed by atoms with Gasteiger partial charge in [0.15, 0.2) is 0 Å². The van der Waals surface area contributed by atoms with E-state index in [2.05, 4.69) is 10.6 Å². The zero-order valence-electron chi connectivity index (χ0n) is 16.2. The van der Waals surface area contributed by atoms with Crippen molar-refractivity contribution in [2.45, 2.75) is 19.9 Å². The van der Waals surface area contributed by atoms with Crippen molar-refractivity contribution in [3.8, 4) is 11.5 Å². The van der Waals surface area contributed by atoms with Gasteiger partial charge in [0.1, 0.15) is 11.5 Å². The third-order valence-corrected chi connectivity index (χ3v) is 3.94. The van der Waals surface area contributed by atoms with Gasteiger partial charge in [0, 0.05) is 23.2 Å². The lowest BCUT2D eigenvalue weighted by atomic mass is 10.1. The van der Waals surface area contributed by atoms with E-state index in [0.29, 0.717) is 27.8 Å². The maximum Gasteiger partial charge on any atom is 0.253 e. The molecule has 0 fully saturated rings. The first-order valence-corrected chi connectivity index (χ1v) is 9.02. The van der Waals surface area contributed by atoms with Crippen LogP contribution >= 0.6 is 11.6 Å². The van der Waals surface area contributed by atoms with Crippen molar-refractivity contribution in [3.05, 3.63) is 58.6 Å². The molecule has 2 N–H and O–H groups in total. The molecule has 2 aromatic carbocycles. The maximum absolute atomic E-state index is 12.4. The van der Waals surface area contributed by atoms with E-state index >= 15 is 0 Å². The number of halogens is 1. The Morgan fingerprint density at radius 2 is 1.68 bits per heavy atom. The summed E-state index contributed by atoms with van der Waals surface area (Å²) in [6.07, 6.45) is 2.98. The molecule has 0 saturated heterocycles. The van der Waals surface area contributed by atoms with Crippen LogP contribution in [0.15, 0.2) is 42.5 Å². The van der Waals surface area contributed by atoms with Gasteiger partial charge >= 0.3 is 0 Å². The molecule has 0 spiro atoms. The normalized spacial score (nSPS) is 10.8. The maximum atomic E-state index is 12.4. The van der Waals surface area contributed by atoms with Gasteiger partial charge in [0.2, 0.25) is 5.91 Å².